The lowest BCUT2D eigenvalue weighted by molar-refractivity contribution is -0.139. The number of hydrogen-bond donors (Lipinski definition) is 3. The van der Waals surface area contributed by atoms with Crippen LogP contribution in [-0.2, 0) is 9.53 Å². The second-order valence-electron chi connectivity index (χ2n) is 6.28. The van der Waals surface area contributed by atoms with Gasteiger partial charge in [0.25, 0.3) is 0 Å². The number of nitrogens with one attached hydrogen (secondary N) is 3. The first-order valence-electron chi connectivity index (χ1n) is 9.00. The first-order valence-corrected chi connectivity index (χ1v) is 9.38. The van der Waals surface area contributed by atoms with Crippen molar-refractivity contribution in [2.45, 2.75) is 25.9 Å². The normalized spacial score (nSPS) is 17.7. The van der Waals surface area contributed by atoms with Crippen molar-refractivity contribution in [2.75, 3.05) is 13.2 Å². The van der Waals surface area contributed by atoms with Crippen LogP contribution in [0.4, 0.5) is 4.79 Å². The Bertz CT molecular complexity index is 879. The lowest BCUT2D eigenvalue weighted by Gasteiger charge is -2.28. The zero-order chi connectivity index (χ0) is 20.1. The van der Waals surface area contributed by atoms with E-state index in [2.05, 4.69) is 16.0 Å². The molecule has 2 heterocycles. The number of esters is 1. The molecule has 2 aromatic rings. The molecule has 1 aliphatic rings. The maximum Gasteiger partial charge on any atom is 0.338 e. The van der Waals surface area contributed by atoms with Crippen LogP contribution < -0.4 is 16.0 Å². The van der Waals surface area contributed by atoms with Crippen LogP contribution in [0.25, 0.3) is 0 Å². The van der Waals surface area contributed by atoms with Crippen molar-refractivity contribution in [3.05, 3.63) is 70.3 Å². The van der Waals surface area contributed by atoms with Crippen molar-refractivity contribution < 1.29 is 18.7 Å². The van der Waals surface area contributed by atoms with Crippen LogP contribution in [0, 0.1) is 0 Å². The standard InChI is InChI=1S/C20H22ClN3O4/c1-3-27-19(25)17-15(11-22-12(2)13-7-4-5-8-14(13)21)23-20(26)24-18(17)16-9-6-10-28-16/h4-10,12,18,22H,3,11H2,1-2H3,(H2,23,24,26)/t12-,18+/m0/s1. The Morgan fingerprint density at radius 2 is 2.11 bits per heavy atom. The van der Waals surface area contributed by atoms with E-state index in [1.165, 1.54) is 6.26 Å². The molecular formula is C20H22ClN3O4. The van der Waals surface area contributed by atoms with Crippen LogP contribution in [-0.4, -0.2) is 25.2 Å². The Labute approximate surface area is 168 Å². The summed E-state index contributed by atoms with van der Waals surface area (Å²) >= 11 is 6.26. The molecule has 28 heavy (non-hydrogen) atoms. The lowest BCUT2D eigenvalue weighted by Crippen LogP contribution is -2.48. The molecule has 2 amide bonds. The zero-order valence-electron chi connectivity index (χ0n) is 15.6. The van der Waals surface area contributed by atoms with Gasteiger partial charge in [-0.3, -0.25) is 0 Å². The number of furan rings is 1. The van der Waals surface area contributed by atoms with Crippen molar-refractivity contribution in [1.29, 1.82) is 0 Å². The molecule has 0 aliphatic carbocycles. The zero-order valence-corrected chi connectivity index (χ0v) is 16.4. The van der Waals surface area contributed by atoms with Gasteiger partial charge in [0.2, 0.25) is 0 Å². The minimum absolute atomic E-state index is 0.0986. The third kappa shape index (κ3) is 4.37. The Morgan fingerprint density at radius 3 is 2.79 bits per heavy atom. The number of carbonyl (C=O) groups is 2. The van der Waals surface area contributed by atoms with Crippen LogP contribution in [0.15, 0.2) is 58.3 Å². The van der Waals surface area contributed by atoms with E-state index in [-0.39, 0.29) is 19.2 Å². The number of halogens is 1. The fourth-order valence-corrected chi connectivity index (χ4v) is 3.37. The largest absolute Gasteiger partial charge is 0.467 e. The molecule has 3 rings (SSSR count). The third-order valence-corrected chi connectivity index (χ3v) is 4.78. The fourth-order valence-electron chi connectivity index (χ4n) is 3.07. The van der Waals surface area contributed by atoms with E-state index in [1.54, 1.807) is 19.1 Å². The second kappa shape index (κ2) is 8.95. The van der Waals surface area contributed by atoms with E-state index < -0.39 is 18.0 Å². The highest BCUT2D eigenvalue weighted by atomic mass is 35.5. The van der Waals surface area contributed by atoms with Crippen molar-refractivity contribution in [1.82, 2.24) is 16.0 Å². The quantitative estimate of drug-likeness (QED) is 0.616. The predicted octanol–water partition coefficient (Wildman–Crippen LogP) is 3.45. The highest BCUT2D eigenvalue weighted by Gasteiger charge is 2.35. The smallest absolute Gasteiger partial charge is 0.338 e. The summed E-state index contributed by atoms with van der Waals surface area (Å²) in [6.07, 6.45) is 1.49. The molecule has 0 radical (unpaired) electrons. The first kappa shape index (κ1) is 20.0. The van der Waals surface area contributed by atoms with Crippen LogP contribution in [0.2, 0.25) is 5.02 Å². The fraction of sp³-hybridized carbons (Fsp3) is 0.300. The molecule has 8 heteroatoms. The van der Waals surface area contributed by atoms with Gasteiger partial charge in [-0.15, -0.1) is 0 Å². The SMILES string of the molecule is CCOC(=O)C1=C(CN[C@@H](C)c2ccccc2Cl)NC(=O)N[C@@H]1c1ccco1. The Balaban J connectivity index is 1.89. The van der Waals surface area contributed by atoms with Gasteiger partial charge < -0.3 is 25.1 Å². The van der Waals surface area contributed by atoms with Gasteiger partial charge in [0.1, 0.15) is 11.8 Å². The van der Waals surface area contributed by atoms with Crippen LogP contribution in [0.3, 0.4) is 0 Å². The maximum absolute atomic E-state index is 12.6. The Hall–Kier alpha value is -2.77. The lowest BCUT2D eigenvalue weighted by atomic mass is 9.99. The monoisotopic (exact) mass is 403 g/mol. The van der Waals surface area contributed by atoms with Gasteiger partial charge in [0.05, 0.1) is 18.4 Å². The first-order chi connectivity index (χ1) is 13.5. The Kier molecular flexibility index (Phi) is 6.38. The molecule has 0 bridgehead atoms. The van der Waals surface area contributed by atoms with Gasteiger partial charge in [-0.1, -0.05) is 29.8 Å². The van der Waals surface area contributed by atoms with Crippen LogP contribution in [0.1, 0.15) is 37.3 Å². The molecule has 0 fully saturated rings. The predicted molar refractivity (Wildman–Crippen MR) is 105 cm³/mol. The van der Waals surface area contributed by atoms with E-state index in [0.29, 0.717) is 22.1 Å². The summed E-state index contributed by atoms with van der Waals surface area (Å²) < 4.78 is 10.6. The molecular weight excluding hydrogens is 382 g/mol. The summed E-state index contributed by atoms with van der Waals surface area (Å²) in [4.78, 5) is 24.8. The van der Waals surface area contributed by atoms with E-state index >= 15 is 0 Å². The molecule has 1 aliphatic heterocycles. The summed E-state index contributed by atoms with van der Waals surface area (Å²) in [5, 5.41) is 9.37. The summed E-state index contributed by atoms with van der Waals surface area (Å²) in [6, 6.07) is 9.66. The highest BCUT2D eigenvalue weighted by Crippen LogP contribution is 2.28. The van der Waals surface area contributed by atoms with Crippen molar-refractivity contribution in [2.24, 2.45) is 0 Å². The third-order valence-electron chi connectivity index (χ3n) is 4.43. The number of urea groups is 1. The van der Waals surface area contributed by atoms with Gasteiger partial charge in [-0.25, -0.2) is 9.59 Å². The van der Waals surface area contributed by atoms with E-state index in [1.807, 2.05) is 31.2 Å². The van der Waals surface area contributed by atoms with Gasteiger partial charge in [0, 0.05) is 23.3 Å². The number of amides is 2. The van der Waals surface area contributed by atoms with Gasteiger partial charge in [0.15, 0.2) is 0 Å². The molecule has 2 atom stereocenters. The van der Waals surface area contributed by atoms with Crippen LogP contribution in [0.5, 0.6) is 0 Å². The molecule has 0 saturated carbocycles. The van der Waals surface area contributed by atoms with Gasteiger partial charge >= 0.3 is 12.0 Å². The number of hydrogen-bond acceptors (Lipinski definition) is 5. The van der Waals surface area contributed by atoms with E-state index in [9.17, 15) is 9.59 Å². The van der Waals surface area contributed by atoms with Gasteiger partial charge in [-0.2, -0.15) is 0 Å². The maximum atomic E-state index is 12.6. The van der Waals surface area contributed by atoms with Crippen molar-refractivity contribution in [3.63, 3.8) is 0 Å². The van der Waals surface area contributed by atoms with Crippen LogP contribution >= 0.6 is 11.6 Å². The summed E-state index contributed by atoms with van der Waals surface area (Å²) in [5.74, 6) is -0.0619. The molecule has 0 spiro atoms. The summed E-state index contributed by atoms with van der Waals surface area (Å²) in [7, 11) is 0. The molecule has 0 saturated heterocycles. The average Bonchev–Trinajstić information content (AvgIpc) is 3.20. The number of carbonyl (C=O) groups excluding carboxylic acids is 2. The summed E-state index contributed by atoms with van der Waals surface area (Å²) in [6.45, 7) is 4.15. The van der Waals surface area contributed by atoms with E-state index in [0.717, 1.165) is 5.56 Å². The average molecular weight is 404 g/mol. The summed E-state index contributed by atoms with van der Waals surface area (Å²) in [5.41, 5.74) is 1.66. The molecule has 7 nitrogen and oxygen atoms in total. The Morgan fingerprint density at radius 1 is 1.32 bits per heavy atom. The molecule has 3 N–H and O–H groups in total. The van der Waals surface area contributed by atoms with Crippen molar-refractivity contribution >= 4 is 23.6 Å². The molecule has 1 aromatic heterocycles. The number of rotatable bonds is 7. The number of benzene rings is 1. The van der Waals surface area contributed by atoms with E-state index in [4.69, 9.17) is 20.8 Å². The topological polar surface area (TPSA) is 92.6 Å². The highest BCUT2D eigenvalue weighted by molar-refractivity contribution is 6.31. The minimum atomic E-state index is -0.727. The van der Waals surface area contributed by atoms with Crippen molar-refractivity contribution in [3.8, 4) is 0 Å². The molecule has 1 aromatic carbocycles. The van der Waals surface area contributed by atoms with Gasteiger partial charge in [-0.05, 0) is 37.6 Å². The molecule has 0 unspecified atom stereocenters. The molecule has 148 valence electrons. The second-order valence-corrected chi connectivity index (χ2v) is 6.69. The number of ether oxygens (including phenoxy) is 1. The minimum Gasteiger partial charge on any atom is -0.467 e.